The summed E-state index contributed by atoms with van der Waals surface area (Å²) in [6.45, 7) is 7.75. The lowest BCUT2D eigenvalue weighted by atomic mass is 10.0. The van der Waals surface area contributed by atoms with E-state index in [4.69, 9.17) is 0 Å². The number of carbonyl (C=O) groups excluding carboxylic acids is 1. The molecule has 1 atom stereocenters. The maximum atomic E-state index is 12.7. The van der Waals surface area contributed by atoms with Crippen LogP contribution in [0.3, 0.4) is 0 Å². The van der Waals surface area contributed by atoms with Crippen LogP contribution in [0.15, 0.2) is 29.2 Å². The van der Waals surface area contributed by atoms with Crippen molar-refractivity contribution in [2.75, 3.05) is 20.1 Å². The van der Waals surface area contributed by atoms with Crippen LogP contribution in [-0.4, -0.2) is 51.4 Å². The van der Waals surface area contributed by atoms with Crippen molar-refractivity contribution in [3.05, 3.63) is 29.8 Å². The molecule has 0 saturated carbocycles. The van der Waals surface area contributed by atoms with Crippen LogP contribution in [0, 0.1) is 12.8 Å². The molecule has 2 N–H and O–H groups in total. The van der Waals surface area contributed by atoms with Gasteiger partial charge in [-0.3, -0.25) is 4.79 Å². The van der Waals surface area contributed by atoms with Crippen molar-refractivity contribution in [1.82, 2.24) is 14.9 Å². The fraction of sp³-hybridized carbons (Fsp3) is 0.632. The largest absolute Gasteiger partial charge is 0.352 e. The van der Waals surface area contributed by atoms with Gasteiger partial charge in [0.1, 0.15) is 6.04 Å². The molecule has 1 aliphatic rings. The predicted molar refractivity (Wildman–Crippen MR) is 103 cm³/mol. The van der Waals surface area contributed by atoms with Gasteiger partial charge in [0.15, 0.2) is 0 Å². The van der Waals surface area contributed by atoms with Gasteiger partial charge in [-0.1, -0.05) is 31.5 Å². The highest BCUT2D eigenvalue weighted by atomic mass is 32.2. The Labute approximate surface area is 157 Å². The molecule has 26 heavy (non-hydrogen) atoms. The molecule has 1 saturated heterocycles. The van der Waals surface area contributed by atoms with Crippen molar-refractivity contribution in [2.45, 2.75) is 57.0 Å². The van der Waals surface area contributed by atoms with Crippen LogP contribution in [0.25, 0.3) is 0 Å². The van der Waals surface area contributed by atoms with E-state index >= 15 is 0 Å². The maximum Gasteiger partial charge on any atom is 0.241 e. The molecule has 0 spiro atoms. The Hall–Kier alpha value is -1.44. The Kier molecular flexibility index (Phi) is 7.20. The van der Waals surface area contributed by atoms with Crippen LogP contribution >= 0.6 is 0 Å². The van der Waals surface area contributed by atoms with E-state index in [-0.39, 0.29) is 22.8 Å². The molecule has 1 amide bonds. The standard InChI is InChI=1S/C19H31N3O3S/c1-14(2)13-18(19(23)20-16-9-11-22(4)12-10-16)21-26(24,25)17-7-5-15(3)6-8-17/h5-8,14,16,18,21H,9-13H2,1-4H3,(H,20,23). The quantitative estimate of drug-likeness (QED) is 0.756. The summed E-state index contributed by atoms with van der Waals surface area (Å²) in [6.07, 6.45) is 2.24. The number of likely N-dealkylation sites (tertiary alicyclic amines) is 1. The zero-order valence-electron chi connectivity index (χ0n) is 16.2. The summed E-state index contributed by atoms with van der Waals surface area (Å²) in [7, 11) is -1.67. The van der Waals surface area contributed by atoms with E-state index in [1.54, 1.807) is 24.3 Å². The summed E-state index contributed by atoms with van der Waals surface area (Å²) in [5, 5.41) is 3.04. The Balaban J connectivity index is 2.08. The SMILES string of the molecule is Cc1ccc(S(=O)(=O)NC(CC(C)C)C(=O)NC2CCN(C)CC2)cc1. The molecule has 6 nitrogen and oxygen atoms in total. The zero-order valence-corrected chi connectivity index (χ0v) is 17.0. The maximum absolute atomic E-state index is 12.7. The minimum atomic E-state index is -3.74. The third kappa shape index (κ3) is 6.07. The number of aryl methyl sites for hydroxylation is 1. The molecule has 0 aromatic heterocycles. The zero-order chi connectivity index (χ0) is 19.3. The minimum absolute atomic E-state index is 0.109. The number of hydrogen-bond acceptors (Lipinski definition) is 4. The number of benzene rings is 1. The average Bonchev–Trinajstić information content (AvgIpc) is 2.56. The lowest BCUT2D eigenvalue weighted by molar-refractivity contribution is -0.124. The van der Waals surface area contributed by atoms with E-state index in [9.17, 15) is 13.2 Å². The topological polar surface area (TPSA) is 78.5 Å². The van der Waals surface area contributed by atoms with Crippen LogP contribution in [0.5, 0.6) is 0 Å². The molecule has 1 aromatic rings. The first-order valence-electron chi connectivity index (χ1n) is 9.25. The van der Waals surface area contributed by atoms with E-state index < -0.39 is 16.1 Å². The van der Waals surface area contributed by atoms with Crippen molar-refractivity contribution in [3.8, 4) is 0 Å². The van der Waals surface area contributed by atoms with Gasteiger partial charge in [-0.15, -0.1) is 0 Å². The molecule has 146 valence electrons. The number of rotatable bonds is 7. The Morgan fingerprint density at radius 1 is 1.19 bits per heavy atom. The normalized spacial score (nSPS) is 18.0. The van der Waals surface area contributed by atoms with Gasteiger partial charge in [0.2, 0.25) is 15.9 Å². The van der Waals surface area contributed by atoms with Gasteiger partial charge in [0.25, 0.3) is 0 Å². The molecule has 0 aliphatic carbocycles. The monoisotopic (exact) mass is 381 g/mol. The Morgan fingerprint density at radius 2 is 1.77 bits per heavy atom. The highest BCUT2D eigenvalue weighted by Crippen LogP contribution is 2.15. The lowest BCUT2D eigenvalue weighted by Gasteiger charge is -2.31. The summed E-state index contributed by atoms with van der Waals surface area (Å²) >= 11 is 0. The first kappa shape index (κ1) is 20.9. The van der Waals surface area contributed by atoms with E-state index in [0.29, 0.717) is 6.42 Å². The molecule has 1 unspecified atom stereocenters. The number of hydrogen-bond donors (Lipinski definition) is 2. The summed E-state index contributed by atoms with van der Waals surface area (Å²) < 4.78 is 28.0. The highest BCUT2D eigenvalue weighted by molar-refractivity contribution is 7.89. The van der Waals surface area contributed by atoms with Gasteiger partial charge in [-0.05, 0) is 64.4 Å². The molecular weight excluding hydrogens is 350 g/mol. The van der Waals surface area contributed by atoms with Crippen LogP contribution < -0.4 is 10.0 Å². The highest BCUT2D eigenvalue weighted by Gasteiger charge is 2.28. The third-order valence-corrected chi connectivity index (χ3v) is 6.20. The molecule has 1 aliphatic heterocycles. The molecular formula is C19H31N3O3S. The number of nitrogens with one attached hydrogen (secondary N) is 2. The smallest absolute Gasteiger partial charge is 0.241 e. The van der Waals surface area contributed by atoms with Crippen molar-refractivity contribution < 1.29 is 13.2 Å². The second kappa shape index (κ2) is 8.97. The van der Waals surface area contributed by atoms with E-state index in [1.165, 1.54) is 0 Å². The van der Waals surface area contributed by atoms with Crippen molar-refractivity contribution in [2.24, 2.45) is 5.92 Å². The fourth-order valence-electron chi connectivity index (χ4n) is 3.11. The molecule has 1 heterocycles. The molecule has 0 radical (unpaired) electrons. The van der Waals surface area contributed by atoms with Crippen molar-refractivity contribution in [1.29, 1.82) is 0 Å². The second-order valence-electron chi connectivity index (χ2n) is 7.70. The van der Waals surface area contributed by atoms with Crippen LogP contribution in [0.4, 0.5) is 0 Å². The van der Waals surface area contributed by atoms with E-state index in [2.05, 4.69) is 22.0 Å². The first-order chi connectivity index (χ1) is 12.2. The number of carbonyl (C=O) groups is 1. The van der Waals surface area contributed by atoms with Crippen molar-refractivity contribution >= 4 is 15.9 Å². The van der Waals surface area contributed by atoms with E-state index in [1.807, 2.05) is 20.8 Å². The number of amides is 1. The summed E-state index contributed by atoms with van der Waals surface area (Å²) in [4.78, 5) is 15.2. The van der Waals surface area contributed by atoms with Crippen molar-refractivity contribution in [3.63, 3.8) is 0 Å². The van der Waals surface area contributed by atoms with Crippen LogP contribution in [0.2, 0.25) is 0 Å². The first-order valence-corrected chi connectivity index (χ1v) is 10.7. The number of sulfonamides is 1. The van der Waals surface area contributed by atoms with Crippen LogP contribution in [0.1, 0.15) is 38.7 Å². The van der Waals surface area contributed by atoms with Gasteiger partial charge in [0, 0.05) is 6.04 Å². The minimum Gasteiger partial charge on any atom is -0.352 e. The molecule has 1 aromatic carbocycles. The number of nitrogens with zero attached hydrogens (tertiary/aromatic N) is 1. The lowest BCUT2D eigenvalue weighted by Crippen LogP contribution is -2.52. The van der Waals surface area contributed by atoms with Crippen LogP contribution in [-0.2, 0) is 14.8 Å². The van der Waals surface area contributed by atoms with Gasteiger partial charge in [-0.25, -0.2) is 8.42 Å². The fourth-order valence-corrected chi connectivity index (χ4v) is 4.32. The average molecular weight is 382 g/mol. The summed E-state index contributed by atoms with van der Waals surface area (Å²) in [5.41, 5.74) is 0.989. The predicted octanol–water partition coefficient (Wildman–Crippen LogP) is 1.90. The van der Waals surface area contributed by atoms with Gasteiger partial charge >= 0.3 is 0 Å². The molecule has 2 rings (SSSR count). The molecule has 0 bridgehead atoms. The molecule has 7 heteroatoms. The molecule has 1 fully saturated rings. The van der Waals surface area contributed by atoms with Gasteiger partial charge in [-0.2, -0.15) is 4.72 Å². The van der Waals surface area contributed by atoms with E-state index in [0.717, 1.165) is 31.5 Å². The third-order valence-electron chi connectivity index (χ3n) is 4.72. The second-order valence-corrected chi connectivity index (χ2v) is 9.42. The number of piperidine rings is 1. The summed E-state index contributed by atoms with van der Waals surface area (Å²) in [5.74, 6) is -0.0344. The van der Waals surface area contributed by atoms with Gasteiger partial charge < -0.3 is 10.2 Å². The van der Waals surface area contributed by atoms with Gasteiger partial charge in [0.05, 0.1) is 4.90 Å². The summed E-state index contributed by atoms with van der Waals surface area (Å²) in [6, 6.07) is 5.99. The Bertz CT molecular complexity index is 693. The Morgan fingerprint density at radius 3 is 2.31 bits per heavy atom.